The molecule has 0 saturated carbocycles. The Morgan fingerprint density at radius 3 is 0.958 bits per heavy atom. The second-order valence-corrected chi connectivity index (χ2v) is 32.8. The molecular formula is C98H128N6O14. The minimum absolute atomic E-state index is 0.0240. The Hall–Kier alpha value is -10.5. The molecule has 7 aromatic rings. The summed E-state index contributed by atoms with van der Waals surface area (Å²) in [5, 5.41) is 5.73. The van der Waals surface area contributed by atoms with Crippen molar-refractivity contribution in [2.45, 2.75) is 273 Å². The molecule has 4 aromatic carbocycles. The van der Waals surface area contributed by atoms with Crippen LogP contribution >= 0.6 is 0 Å². The monoisotopic (exact) mass is 1610 g/mol. The van der Waals surface area contributed by atoms with Gasteiger partial charge in [0.05, 0.1) is 73.5 Å². The zero-order valence-corrected chi connectivity index (χ0v) is 72.1. The Labute approximate surface area is 699 Å². The number of hydrogen-bond donors (Lipinski definition) is 4. The molecule has 20 heteroatoms. The van der Waals surface area contributed by atoms with Gasteiger partial charge in [0.15, 0.2) is 0 Å². The van der Waals surface area contributed by atoms with Gasteiger partial charge in [-0.15, -0.1) is 0 Å². The van der Waals surface area contributed by atoms with Crippen molar-refractivity contribution in [3.8, 4) is 56.0 Å². The van der Waals surface area contributed by atoms with Crippen LogP contribution in [0.4, 0.5) is 9.59 Å². The summed E-state index contributed by atoms with van der Waals surface area (Å²) in [6.07, 6.45) is 28.9. The molecule has 2 atom stereocenters. The molecule has 20 nitrogen and oxygen atoms in total. The molecule has 0 fully saturated rings. The molecule has 2 amide bonds. The number of benzene rings is 4. The Kier molecular flexibility index (Phi) is 36.1. The van der Waals surface area contributed by atoms with Crippen LogP contribution in [0, 0.1) is 0 Å². The second kappa shape index (κ2) is 46.6. The van der Waals surface area contributed by atoms with Gasteiger partial charge in [0.25, 0.3) is 0 Å². The Balaban J connectivity index is 1.37. The molecule has 2 aliphatic heterocycles. The maximum atomic E-state index is 14.4. The molecule has 3 aromatic heterocycles. The predicted molar refractivity (Wildman–Crippen MR) is 473 cm³/mol. The lowest BCUT2D eigenvalue weighted by molar-refractivity contribution is -0.147. The first-order chi connectivity index (χ1) is 57.0. The number of H-pyrrole nitrogens is 2. The van der Waals surface area contributed by atoms with Gasteiger partial charge in [-0.3, -0.25) is 0 Å². The van der Waals surface area contributed by atoms with Crippen LogP contribution in [-0.2, 0) is 50.9 Å². The van der Waals surface area contributed by atoms with Crippen molar-refractivity contribution in [3.63, 3.8) is 0 Å². The zero-order chi connectivity index (χ0) is 84.4. The lowest BCUT2D eigenvalue weighted by Gasteiger charge is -2.23. The fourth-order valence-electron chi connectivity index (χ4n) is 14.3. The molecular weight excluding hydrogens is 1490 g/mol. The van der Waals surface area contributed by atoms with E-state index in [4.69, 9.17) is 47.9 Å². The van der Waals surface area contributed by atoms with Gasteiger partial charge in [0, 0.05) is 68.3 Å². The van der Waals surface area contributed by atoms with Gasteiger partial charge in [-0.1, -0.05) is 194 Å². The molecule has 2 aliphatic rings. The van der Waals surface area contributed by atoms with E-state index in [1.807, 2.05) is 109 Å². The largest absolute Gasteiger partial charge is 0.493 e. The molecule has 0 saturated heterocycles. The Bertz CT molecular complexity index is 4400. The van der Waals surface area contributed by atoms with Crippen LogP contribution in [-0.4, -0.2) is 119 Å². The third-order valence-corrected chi connectivity index (χ3v) is 20.5. The van der Waals surface area contributed by atoms with E-state index in [2.05, 4.69) is 62.1 Å². The fraction of sp³-hybridized carbons (Fsp3) is 0.490. The minimum Gasteiger partial charge on any atom is -0.493 e. The number of unbranched alkanes of at least 4 members (excludes halogenated alkanes) is 18. The predicted octanol–water partition coefficient (Wildman–Crippen LogP) is 23.8. The van der Waals surface area contributed by atoms with E-state index in [9.17, 15) is 28.8 Å². The number of carbonyl (C=O) groups is 6. The highest BCUT2D eigenvalue weighted by atomic mass is 16.6. The van der Waals surface area contributed by atoms with Crippen molar-refractivity contribution in [2.75, 3.05) is 39.6 Å². The maximum absolute atomic E-state index is 14.4. The number of nitrogens with one attached hydrogen (secondary N) is 4. The summed E-state index contributed by atoms with van der Waals surface area (Å²) < 4.78 is 48.9. The summed E-state index contributed by atoms with van der Waals surface area (Å²) in [4.78, 5) is 103. The highest BCUT2D eigenvalue weighted by Gasteiger charge is 2.31. The molecule has 5 heterocycles. The van der Waals surface area contributed by atoms with Crippen molar-refractivity contribution in [2.24, 2.45) is 0 Å². The van der Waals surface area contributed by atoms with Gasteiger partial charge in [-0.25, -0.2) is 38.7 Å². The molecule has 8 bridgehead atoms. The van der Waals surface area contributed by atoms with Crippen LogP contribution in [0.3, 0.4) is 0 Å². The van der Waals surface area contributed by atoms with Crippen molar-refractivity contribution < 1.29 is 66.7 Å². The van der Waals surface area contributed by atoms with Crippen molar-refractivity contribution in [1.82, 2.24) is 30.6 Å². The average molecular weight is 1610 g/mol. The second-order valence-electron chi connectivity index (χ2n) is 32.8. The third kappa shape index (κ3) is 27.8. The number of rotatable bonds is 46. The lowest BCUT2D eigenvalue weighted by atomic mass is 9.97. The molecule has 118 heavy (non-hydrogen) atoms. The van der Waals surface area contributed by atoms with Crippen LogP contribution in [0.1, 0.15) is 292 Å². The summed E-state index contributed by atoms with van der Waals surface area (Å²) in [7, 11) is 0. The molecule has 0 spiro atoms. The van der Waals surface area contributed by atoms with Gasteiger partial charge in [-0.05, 0) is 199 Å². The summed E-state index contributed by atoms with van der Waals surface area (Å²) >= 11 is 0. The van der Waals surface area contributed by atoms with E-state index in [0.29, 0.717) is 151 Å². The zero-order valence-electron chi connectivity index (χ0n) is 72.1. The van der Waals surface area contributed by atoms with Gasteiger partial charge in [0.1, 0.15) is 34.8 Å². The van der Waals surface area contributed by atoms with Crippen LogP contribution in [0.25, 0.3) is 90.9 Å². The van der Waals surface area contributed by atoms with Crippen molar-refractivity contribution in [3.05, 3.63) is 154 Å². The van der Waals surface area contributed by atoms with E-state index in [0.717, 1.165) is 152 Å². The van der Waals surface area contributed by atoms with Crippen molar-refractivity contribution >= 4 is 82.4 Å². The third-order valence-electron chi connectivity index (χ3n) is 20.5. The smallest absolute Gasteiger partial charge is 0.408 e. The quantitative estimate of drug-likeness (QED) is 0.0157. The number of amides is 2. The lowest BCUT2D eigenvalue weighted by Crippen LogP contribution is -2.45. The number of aromatic amines is 2. The average Bonchev–Trinajstić information content (AvgIpc) is 1.61. The molecule has 0 aliphatic carbocycles. The Morgan fingerprint density at radius 2 is 0.644 bits per heavy atom. The molecule has 9 rings (SSSR count). The van der Waals surface area contributed by atoms with E-state index in [1.54, 1.807) is 65.8 Å². The standard InChI is InChI=1S/C98H128N6O14/c1-13-19-25-31-57-111-85-55-37-67(65-83(103-95(109)117-97(7,8)9)93(107)115-61-35-29-23-17-5)63-73(85)89-79-51-47-75(99-79)87(69-39-43-71(44-40-69)91(105)113-59-33-27-21-15-3)77-49-53-81(101-77)90(82-54-50-78(102-82)88(76-48-52-80(89)100-76)70-41-45-72(46-42-70)92(106)114-60-34-28-22-16-4)74-64-68(38-56-86(74)112-58-32-26-20-14-2)66-84(104-96(110)118-98(10,11)12)94(108)116-62-36-30-24-18-6/h37-56,63-64,83-84,99,102H,13-36,57-62,65-66H2,1-12H3,(H,103,109)(H,104,110)/t83-,84-/m1/s1. The van der Waals surface area contributed by atoms with E-state index in [1.165, 1.54) is 0 Å². The number of aromatic nitrogens is 4. The van der Waals surface area contributed by atoms with Gasteiger partial charge >= 0.3 is 36.1 Å². The molecule has 0 radical (unpaired) electrons. The summed E-state index contributed by atoms with van der Waals surface area (Å²) in [5.41, 5.74) is 10.6. The minimum atomic E-state index is -1.14. The number of esters is 4. The first-order valence-electron chi connectivity index (χ1n) is 43.6. The fourth-order valence-corrected chi connectivity index (χ4v) is 14.3. The number of nitrogens with zero attached hydrogens (tertiary/aromatic N) is 2. The van der Waals surface area contributed by atoms with Crippen LogP contribution in [0.15, 0.2) is 109 Å². The van der Waals surface area contributed by atoms with E-state index < -0.39 is 59.3 Å². The van der Waals surface area contributed by atoms with Crippen LogP contribution in [0.5, 0.6) is 11.5 Å². The first-order valence-corrected chi connectivity index (χ1v) is 43.6. The number of ether oxygens (including phenoxy) is 8. The topological polar surface area (TPSA) is 258 Å². The molecule has 0 unspecified atom stereocenters. The highest BCUT2D eigenvalue weighted by molar-refractivity contribution is 6.02. The molecule has 634 valence electrons. The number of alkyl carbamates (subject to hydrolysis) is 2. The van der Waals surface area contributed by atoms with Gasteiger partial charge < -0.3 is 58.5 Å². The Morgan fingerprint density at radius 1 is 0.347 bits per heavy atom. The molecule has 4 N–H and O–H groups in total. The van der Waals surface area contributed by atoms with Crippen LogP contribution < -0.4 is 20.1 Å². The van der Waals surface area contributed by atoms with E-state index >= 15 is 0 Å². The highest BCUT2D eigenvalue weighted by Crippen LogP contribution is 2.44. The SMILES string of the molecule is CCCCCCOC(=O)c1ccc(-c2c3nc(c(-c4cc(C[C@@H](NC(=O)OC(C)(C)C)C(=O)OCCCCCC)ccc4OCCCCCC)c4ccc([nH]4)c(-c4ccc(C(=O)OCCCCCC)cc4)c4nc(c(-c5cc(C[C@@H](NC(=O)OC(C)(C)C)C(=O)OCCCCCC)ccc5OCCCCCC)c5ccc2[nH]5)C=C4)C=C3)cc1. The first kappa shape index (κ1) is 91.4. The van der Waals surface area contributed by atoms with Gasteiger partial charge in [0.2, 0.25) is 0 Å². The maximum Gasteiger partial charge on any atom is 0.408 e. The summed E-state index contributed by atoms with van der Waals surface area (Å²) in [5.74, 6) is -0.930. The summed E-state index contributed by atoms with van der Waals surface area (Å²) in [6.45, 7) is 25.3. The summed E-state index contributed by atoms with van der Waals surface area (Å²) in [6, 6.07) is 32.2. The normalized spacial score (nSPS) is 12.4. The number of fused-ring (bicyclic) bond motifs is 8. The van der Waals surface area contributed by atoms with Crippen molar-refractivity contribution in [1.29, 1.82) is 0 Å². The number of hydrogen-bond acceptors (Lipinski definition) is 16. The van der Waals surface area contributed by atoms with Gasteiger partial charge in [-0.2, -0.15) is 0 Å². The van der Waals surface area contributed by atoms with E-state index in [-0.39, 0.29) is 26.1 Å². The number of carbonyl (C=O) groups excluding carboxylic acids is 6. The van der Waals surface area contributed by atoms with Crippen LogP contribution in [0.2, 0.25) is 0 Å².